The Morgan fingerprint density at radius 1 is 1.25 bits per heavy atom. The average Bonchev–Trinajstić information content (AvgIpc) is 2.19. The maximum absolute atomic E-state index is 9.82. The van der Waals surface area contributed by atoms with Crippen LogP contribution in [-0.4, -0.2) is 60.7 Å². The average molecular weight is 229 g/mol. The molecular formula is C12H23NO3. The summed E-state index contributed by atoms with van der Waals surface area (Å²) in [4.78, 5) is 2.26. The zero-order valence-corrected chi connectivity index (χ0v) is 10.0. The molecule has 0 aromatic heterocycles. The molecule has 2 fully saturated rings. The minimum atomic E-state index is -0.205. The van der Waals surface area contributed by atoms with Crippen LogP contribution in [0.2, 0.25) is 0 Å². The summed E-state index contributed by atoms with van der Waals surface area (Å²) in [6.07, 6.45) is 2.37. The summed E-state index contributed by atoms with van der Waals surface area (Å²) < 4.78 is 5.39. The lowest BCUT2D eigenvalue weighted by atomic mass is 9.82. The topological polar surface area (TPSA) is 52.9 Å². The van der Waals surface area contributed by atoms with E-state index in [-0.39, 0.29) is 18.1 Å². The standard InChI is InChI=1S/C12H23NO3/c1-13(6-9-4-11(14)5-9)7-10-8-16-3-2-12(10)15/h9-12,14-15H,2-8H2,1H3. The summed E-state index contributed by atoms with van der Waals surface area (Å²) in [5.41, 5.74) is 0. The second-order valence-corrected chi connectivity index (χ2v) is 5.40. The van der Waals surface area contributed by atoms with Crippen LogP contribution >= 0.6 is 0 Å². The van der Waals surface area contributed by atoms with E-state index in [1.165, 1.54) is 0 Å². The fraction of sp³-hybridized carbons (Fsp3) is 1.00. The van der Waals surface area contributed by atoms with Gasteiger partial charge in [-0.05, 0) is 32.2 Å². The third kappa shape index (κ3) is 3.17. The van der Waals surface area contributed by atoms with Crippen molar-refractivity contribution in [2.24, 2.45) is 11.8 Å². The molecule has 16 heavy (non-hydrogen) atoms. The van der Waals surface area contributed by atoms with Gasteiger partial charge in [-0.25, -0.2) is 0 Å². The Balaban J connectivity index is 1.67. The van der Waals surface area contributed by atoms with Crippen LogP contribution in [-0.2, 0) is 4.74 Å². The van der Waals surface area contributed by atoms with Crippen molar-refractivity contribution < 1.29 is 14.9 Å². The van der Waals surface area contributed by atoms with E-state index in [2.05, 4.69) is 11.9 Å². The summed E-state index contributed by atoms with van der Waals surface area (Å²) in [7, 11) is 2.09. The van der Waals surface area contributed by atoms with Crippen LogP contribution in [0.5, 0.6) is 0 Å². The van der Waals surface area contributed by atoms with Gasteiger partial charge in [-0.2, -0.15) is 0 Å². The van der Waals surface area contributed by atoms with Gasteiger partial charge in [0, 0.05) is 25.6 Å². The smallest absolute Gasteiger partial charge is 0.0624 e. The third-order valence-electron chi connectivity index (χ3n) is 3.76. The predicted molar refractivity (Wildman–Crippen MR) is 61.2 cm³/mol. The maximum Gasteiger partial charge on any atom is 0.0624 e. The monoisotopic (exact) mass is 229 g/mol. The van der Waals surface area contributed by atoms with Crippen LogP contribution in [0, 0.1) is 11.8 Å². The summed E-state index contributed by atoms with van der Waals surface area (Å²) in [6, 6.07) is 0. The summed E-state index contributed by atoms with van der Waals surface area (Å²) in [5, 5.41) is 19.0. The van der Waals surface area contributed by atoms with Gasteiger partial charge in [0.1, 0.15) is 0 Å². The third-order valence-corrected chi connectivity index (χ3v) is 3.76. The Morgan fingerprint density at radius 2 is 2.00 bits per heavy atom. The van der Waals surface area contributed by atoms with Crippen molar-refractivity contribution in [2.75, 3.05) is 33.4 Å². The Morgan fingerprint density at radius 3 is 2.62 bits per heavy atom. The zero-order valence-electron chi connectivity index (χ0n) is 10.0. The molecular weight excluding hydrogens is 206 g/mol. The molecule has 1 heterocycles. The molecule has 2 atom stereocenters. The predicted octanol–water partition coefficient (Wildman–Crippen LogP) is 0.0865. The molecule has 1 aliphatic heterocycles. The van der Waals surface area contributed by atoms with E-state index in [1.807, 2.05) is 0 Å². The number of nitrogens with zero attached hydrogens (tertiary/aromatic N) is 1. The largest absolute Gasteiger partial charge is 0.393 e. The van der Waals surface area contributed by atoms with Crippen LogP contribution < -0.4 is 0 Å². The van der Waals surface area contributed by atoms with Gasteiger partial charge in [0.15, 0.2) is 0 Å². The van der Waals surface area contributed by atoms with E-state index in [9.17, 15) is 10.2 Å². The summed E-state index contributed by atoms with van der Waals surface area (Å²) >= 11 is 0. The highest BCUT2D eigenvalue weighted by atomic mass is 16.5. The van der Waals surface area contributed by atoms with Gasteiger partial charge < -0.3 is 19.8 Å². The highest BCUT2D eigenvalue weighted by molar-refractivity contribution is 4.82. The van der Waals surface area contributed by atoms with Crippen molar-refractivity contribution in [2.45, 2.75) is 31.5 Å². The number of hydrogen-bond acceptors (Lipinski definition) is 4. The minimum Gasteiger partial charge on any atom is -0.393 e. The molecule has 2 rings (SSSR count). The van der Waals surface area contributed by atoms with Gasteiger partial charge in [-0.15, -0.1) is 0 Å². The number of hydrogen-bond donors (Lipinski definition) is 2. The van der Waals surface area contributed by atoms with Crippen LogP contribution in [0.1, 0.15) is 19.3 Å². The molecule has 4 heteroatoms. The molecule has 0 radical (unpaired) electrons. The molecule has 0 aromatic carbocycles. The highest BCUT2D eigenvalue weighted by Crippen LogP contribution is 2.28. The molecule has 1 saturated heterocycles. The molecule has 0 amide bonds. The SMILES string of the molecule is CN(CC1CC(O)C1)CC1COCCC1O. The lowest BCUT2D eigenvalue weighted by Gasteiger charge is -2.37. The molecule has 2 aliphatic rings. The highest BCUT2D eigenvalue weighted by Gasteiger charge is 2.30. The summed E-state index contributed by atoms with van der Waals surface area (Å²) in [6.45, 7) is 3.29. The molecule has 1 saturated carbocycles. The molecule has 0 bridgehead atoms. The van der Waals surface area contributed by atoms with Gasteiger partial charge in [0.05, 0.1) is 18.8 Å². The number of aliphatic hydroxyl groups is 2. The van der Waals surface area contributed by atoms with Crippen LogP contribution in [0.4, 0.5) is 0 Å². The van der Waals surface area contributed by atoms with E-state index in [1.54, 1.807) is 0 Å². The first kappa shape index (κ1) is 12.3. The lowest BCUT2D eigenvalue weighted by Crippen LogP contribution is -2.43. The Bertz CT molecular complexity index is 218. The first-order valence-electron chi connectivity index (χ1n) is 6.27. The molecule has 0 aromatic rings. The molecule has 2 N–H and O–H groups in total. The Labute approximate surface area is 97.2 Å². The Hall–Kier alpha value is -0.160. The minimum absolute atomic E-state index is 0.0676. The van der Waals surface area contributed by atoms with Crippen molar-refractivity contribution in [1.29, 1.82) is 0 Å². The van der Waals surface area contributed by atoms with Crippen LogP contribution in [0.3, 0.4) is 0 Å². The lowest BCUT2D eigenvalue weighted by molar-refractivity contribution is -0.0490. The fourth-order valence-electron chi connectivity index (χ4n) is 2.73. The molecule has 94 valence electrons. The van der Waals surface area contributed by atoms with E-state index >= 15 is 0 Å². The number of aliphatic hydroxyl groups excluding tert-OH is 2. The van der Waals surface area contributed by atoms with Crippen molar-refractivity contribution in [3.05, 3.63) is 0 Å². The van der Waals surface area contributed by atoms with Gasteiger partial charge >= 0.3 is 0 Å². The van der Waals surface area contributed by atoms with Gasteiger partial charge in [0.2, 0.25) is 0 Å². The van der Waals surface area contributed by atoms with Gasteiger partial charge in [-0.3, -0.25) is 0 Å². The van der Waals surface area contributed by atoms with Crippen molar-refractivity contribution in [1.82, 2.24) is 4.90 Å². The normalized spacial score (nSPS) is 39.8. The van der Waals surface area contributed by atoms with Crippen molar-refractivity contribution in [3.63, 3.8) is 0 Å². The Kier molecular flexibility index (Phi) is 4.19. The fourth-order valence-corrected chi connectivity index (χ4v) is 2.73. The van der Waals surface area contributed by atoms with E-state index < -0.39 is 0 Å². The van der Waals surface area contributed by atoms with Gasteiger partial charge in [-0.1, -0.05) is 0 Å². The first-order chi connectivity index (χ1) is 7.65. The quantitative estimate of drug-likeness (QED) is 0.717. The molecule has 4 nitrogen and oxygen atoms in total. The van der Waals surface area contributed by atoms with Crippen molar-refractivity contribution in [3.8, 4) is 0 Å². The number of ether oxygens (including phenoxy) is 1. The molecule has 1 aliphatic carbocycles. The van der Waals surface area contributed by atoms with Gasteiger partial charge in [0.25, 0.3) is 0 Å². The van der Waals surface area contributed by atoms with E-state index in [4.69, 9.17) is 4.74 Å². The first-order valence-corrected chi connectivity index (χ1v) is 6.27. The second-order valence-electron chi connectivity index (χ2n) is 5.40. The second kappa shape index (κ2) is 5.45. The maximum atomic E-state index is 9.82. The zero-order chi connectivity index (χ0) is 11.5. The van der Waals surface area contributed by atoms with E-state index in [0.717, 1.165) is 32.4 Å². The van der Waals surface area contributed by atoms with Crippen LogP contribution in [0.25, 0.3) is 0 Å². The van der Waals surface area contributed by atoms with Crippen molar-refractivity contribution >= 4 is 0 Å². The number of rotatable bonds is 4. The van der Waals surface area contributed by atoms with E-state index in [0.29, 0.717) is 19.1 Å². The molecule has 2 unspecified atom stereocenters. The summed E-state index contributed by atoms with van der Waals surface area (Å²) in [5.74, 6) is 0.894. The van der Waals surface area contributed by atoms with Crippen LogP contribution in [0.15, 0.2) is 0 Å². The molecule has 0 spiro atoms.